The van der Waals surface area contributed by atoms with Crippen molar-refractivity contribution in [3.63, 3.8) is 0 Å². The summed E-state index contributed by atoms with van der Waals surface area (Å²) in [5.74, 6) is -1.27. The Balaban J connectivity index is 3.21. The van der Waals surface area contributed by atoms with E-state index >= 15 is 0 Å². The standard InChI is InChI=1S/C10H12F2OS/c1-6(5-13)8-3-7(11)4-9(14-2)10(8)12/h3-4,6,13H,5H2,1-2H3. The van der Waals surface area contributed by atoms with E-state index in [1.165, 1.54) is 0 Å². The molecule has 0 heterocycles. The van der Waals surface area contributed by atoms with Crippen molar-refractivity contribution in [3.05, 3.63) is 29.3 Å². The first-order valence-electron chi connectivity index (χ1n) is 4.24. The van der Waals surface area contributed by atoms with E-state index in [0.717, 1.165) is 23.9 Å². The highest BCUT2D eigenvalue weighted by Crippen LogP contribution is 2.27. The number of aliphatic hydroxyl groups excluding tert-OH is 1. The summed E-state index contributed by atoms with van der Waals surface area (Å²) in [5, 5.41) is 8.87. The third kappa shape index (κ3) is 2.25. The summed E-state index contributed by atoms with van der Waals surface area (Å²) in [6, 6.07) is 2.30. The molecule has 0 saturated heterocycles. The summed E-state index contributed by atoms with van der Waals surface area (Å²) in [4.78, 5) is 0.278. The predicted octanol–water partition coefficient (Wildman–Crippen LogP) is 2.78. The summed E-state index contributed by atoms with van der Waals surface area (Å²) >= 11 is 1.16. The lowest BCUT2D eigenvalue weighted by molar-refractivity contribution is 0.269. The zero-order valence-corrected chi connectivity index (χ0v) is 8.87. The maximum absolute atomic E-state index is 13.6. The molecule has 0 aliphatic carbocycles. The van der Waals surface area contributed by atoms with Gasteiger partial charge in [-0.15, -0.1) is 11.8 Å². The van der Waals surface area contributed by atoms with Crippen LogP contribution in [0.2, 0.25) is 0 Å². The van der Waals surface area contributed by atoms with Crippen LogP contribution < -0.4 is 0 Å². The highest BCUT2D eigenvalue weighted by molar-refractivity contribution is 7.98. The maximum Gasteiger partial charge on any atom is 0.140 e. The third-order valence-corrected chi connectivity index (χ3v) is 2.79. The van der Waals surface area contributed by atoms with Crippen LogP contribution in [0.1, 0.15) is 18.4 Å². The molecule has 0 aliphatic heterocycles. The monoisotopic (exact) mass is 218 g/mol. The Morgan fingerprint density at radius 1 is 1.43 bits per heavy atom. The SMILES string of the molecule is CSc1cc(F)cc(C(C)CO)c1F. The van der Waals surface area contributed by atoms with E-state index < -0.39 is 11.6 Å². The largest absolute Gasteiger partial charge is 0.396 e. The summed E-state index contributed by atoms with van der Waals surface area (Å²) < 4.78 is 26.6. The van der Waals surface area contributed by atoms with Gasteiger partial charge in [0.25, 0.3) is 0 Å². The minimum absolute atomic E-state index is 0.186. The van der Waals surface area contributed by atoms with Gasteiger partial charge in [0.05, 0.1) is 0 Å². The quantitative estimate of drug-likeness (QED) is 0.787. The van der Waals surface area contributed by atoms with Gasteiger partial charge in [0, 0.05) is 17.4 Å². The Morgan fingerprint density at radius 2 is 2.07 bits per heavy atom. The molecule has 1 atom stereocenters. The second kappa shape index (κ2) is 4.75. The average Bonchev–Trinajstić information content (AvgIpc) is 2.19. The van der Waals surface area contributed by atoms with Crippen LogP contribution in [-0.2, 0) is 0 Å². The van der Waals surface area contributed by atoms with Crippen LogP contribution >= 0.6 is 11.8 Å². The van der Waals surface area contributed by atoms with Gasteiger partial charge in [0.2, 0.25) is 0 Å². The molecular formula is C10H12F2OS. The zero-order valence-electron chi connectivity index (χ0n) is 8.05. The molecule has 0 fully saturated rings. The van der Waals surface area contributed by atoms with Crippen LogP contribution in [0.25, 0.3) is 0 Å². The number of halogens is 2. The zero-order chi connectivity index (χ0) is 10.7. The first-order chi connectivity index (χ1) is 6.60. The Morgan fingerprint density at radius 3 is 2.57 bits per heavy atom. The van der Waals surface area contributed by atoms with Gasteiger partial charge in [0.15, 0.2) is 0 Å². The molecule has 0 spiro atoms. The molecule has 4 heteroatoms. The molecule has 1 aromatic rings. The highest BCUT2D eigenvalue weighted by Gasteiger charge is 2.15. The topological polar surface area (TPSA) is 20.2 Å². The van der Waals surface area contributed by atoms with Crippen molar-refractivity contribution in [2.75, 3.05) is 12.9 Å². The molecule has 78 valence electrons. The summed E-state index contributed by atoms with van der Waals surface area (Å²) in [6.07, 6.45) is 1.69. The second-order valence-electron chi connectivity index (χ2n) is 3.09. The minimum Gasteiger partial charge on any atom is -0.396 e. The Kier molecular flexibility index (Phi) is 3.89. The van der Waals surface area contributed by atoms with Crippen molar-refractivity contribution in [1.29, 1.82) is 0 Å². The molecule has 1 aromatic carbocycles. The van der Waals surface area contributed by atoms with E-state index in [1.54, 1.807) is 13.2 Å². The van der Waals surface area contributed by atoms with Crippen LogP contribution in [0.5, 0.6) is 0 Å². The van der Waals surface area contributed by atoms with Crippen molar-refractivity contribution in [2.45, 2.75) is 17.7 Å². The summed E-state index contributed by atoms with van der Waals surface area (Å²) in [6.45, 7) is 1.47. The molecule has 1 unspecified atom stereocenters. The molecule has 1 nitrogen and oxygen atoms in total. The maximum atomic E-state index is 13.6. The number of rotatable bonds is 3. The summed E-state index contributed by atoms with van der Waals surface area (Å²) in [5.41, 5.74) is 0.233. The van der Waals surface area contributed by atoms with Gasteiger partial charge in [-0.3, -0.25) is 0 Å². The van der Waals surface area contributed by atoms with Crippen LogP contribution in [0.4, 0.5) is 8.78 Å². The van der Waals surface area contributed by atoms with Gasteiger partial charge in [-0.1, -0.05) is 6.92 Å². The van der Waals surface area contributed by atoms with Gasteiger partial charge in [-0.2, -0.15) is 0 Å². The minimum atomic E-state index is -0.467. The first-order valence-corrected chi connectivity index (χ1v) is 5.46. The molecule has 14 heavy (non-hydrogen) atoms. The van der Waals surface area contributed by atoms with Crippen LogP contribution in [-0.4, -0.2) is 18.0 Å². The Bertz CT molecular complexity index is 328. The van der Waals surface area contributed by atoms with Gasteiger partial charge in [-0.05, 0) is 24.0 Å². The molecular weight excluding hydrogens is 206 g/mol. The average molecular weight is 218 g/mol. The number of hydrogen-bond acceptors (Lipinski definition) is 2. The van der Waals surface area contributed by atoms with Crippen molar-refractivity contribution >= 4 is 11.8 Å². The lowest BCUT2D eigenvalue weighted by Crippen LogP contribution is -2.03. The normalized spacial score (nSPS) is 12.9. The highest BCUT2D eigenvalue weighted by atomic mass is 32.2. The van der Waals surface area contributed by atoms with Gasteiger partial charge in [-0.25, -0.2) is 8.78 Å². The molecule has 1 rings (SSSR count). The van der Waals surface area contributed by atoms with Gasteiger partial charge < -0.3 is 5.11 Å². The van der Waals surface area contributed by atoms with Gasteiger partial charge in [0.1, 0.15) is 11.6 Å². The van der Waals surface area contributed by atoms with Crippen LogP contribution in [0.3, 0.4) is 0 Å². The molecule has 0 radical (unpaired) electrons. The van der Waals surface area contributed by atoms with Gasteiger partial charge >= 0.3 is 0 Å². The van der Waals surface area contributed by atoms with E-state index in [1.807, 2.05) is 0 Å². The number of hydrogen-bond donors (Lipinski definition) is 1. The Hall–Kier alpha value is -0.610. The van der Waals surface area contributed by atoms with E-state index in [4.69, 9.17) is 5.11 Å². The number of aliphatic hydroxyl groups is 1. The fourth-order valence-electron chi connectivity index (χ4n) is 1.19. The van der Waals surface area contributed by atoms with Crippen LogP contribution in [0.15, 0.2) is 17.0 Å². The molecule has 0 amide bonds. The lowest BCUT2D eigenvalue weighted by Gasteiger charge is -2.11. The molecule has 0 aromatic heterocycles. The fraction of sp³-hybridized carbons (Fsp3) is 0.400. The number of benzene rings is 1. The fourth-order valence-corrected chi connectivity index (χ4v) is 1.72. The van der Waals surface area contributed by atoms with Crippen molar-refractivity contribution in [1.82, 2.24) is 0 Å². The lowest BCUT2D eigenvalue weighted by atomic mass is 10.0. The Labute approximate surface area is 86.1 Å². The van der Waals surface area contributed by atoms with E-state index in [2.05, 4.69) is 0 Å². The summed E-state index contributed by atoms with van der Waals surface area (Å²) in [7, 11) is 0. The first kappa shape index (κ1) is 11.5. The van der Waals surface area contributed by atoms with Crippen molar-refractivity contribution in [3.8, 4) is 0 Å². The third-order valence-electron chi connectivity index (χ3n) is 2.06. The second-order valence-corrected chi connectivity index (χ2v) is 3.94. The molecule has 0 aliphatic rings. The smallest absolute Gasteiger partial charge is 0.140 e. The van der Waals surface area contributed by atoms with E-state index in [0.29, 0.717) is 0 Å². The van der Waals surface area contributed by atoms with E-state index in [9.17, 15) is 8.78 Å². The van der Waals surface area contributed by atoms with Crippen molar-refractivity contribution < 1.29 is 13.9 Å². The number of thioether (sulfide) groups is 1. The van der Waals surface area contributed by atoms with Crippen LogP contribution in [0, 0.1) is 11.6 Å². The van der Waals surface area contributed by atoms with E-state index in [-0.39, 0.29) is 23.0 Å². The predicted molar refractivity (Wildman–Crippen MR) is 53.6 cm³/mol. The molecule has 0 bridgehead atoms. The molecule has 0 saturated carbocycles. The molecule has 1 N–H and O–H groups in total. The van der Waals surface area contributed by atoms with Crippen molar-refractivity contribution in [2.24, 2.45) is 0 Å².